The number of hydrogen-bond donors (Lipinski definition) is 2. The van der Waals surface area contributed by atoms with Gasteiger partial charge in [0.05, 0.1) is 12.8 Å². The van der Waals surface area contributed by atoms with Crippen LogP contribution in [0.25, 0.3) is 0 Å². The van der Waals surface area contributed by atoms with Gasteiger partial charge in [-0.2, -0.15) is 0 Å². The highest BCUT2D eigenvalue weighted by Crippen LogP contribution is 2.22. The van der Waals surface area contributed by atoms with Gasteiger partial charge < -0.3 is 15.4 Å². The first-order chi connectivity index (χ1) is 10.3. The van der Waals surface area contributed by atoms with Gasteiger partial charge >= 0.3 is 0 Å². The number of nitrogens with one attached hydrogen (secondary N) is 2. The Morgan fingerprint density at radius 1 is 1.29 bits per heavy atom. The molecule has 0 bridgehead atoms. The maximum atomic E-state index is 12.3. The highest BCUT2D eigenvalue weighted by molar-refractivity contribution is 7.13. The van der Waals surface area contributed by atoms with Gasteiger partial charge in [0.15, 0.2) is 5.01 Å². The molecular weight excluding hydrogens is 286 g/mol. The molecule has 0 spiro atoms. The number of anilines is 1. The fourth-order valence-electron chi connectivity index (χ4n) is 2.26. The second-order valence-corrected chi connectivity index (χ2v) is 5.91. The third-order valence-electron chi connectivity index (χ3n) is 3.39. The van der Waals surface area contributed by atoms with Crippen LogP contribution >= 0.6 is 11.3 Å². The van der Waals surface area contributed by atoms with Crippen molar-refractivity contribution in [2.45, 2.75) is 12.8 Å². The van der Waals surface area contributed by atoms with Crippen LogP contribution in [-0.4, -0.2) is 31.1 Å². The van der Waals surface area contributed by atoms with Gasteiger partial charge in [-0.05, 0) is 30.7 Å². The van der Waals surface area contributed by atoms with Crippen LogP contribution in [0.1, 0.15) is 20.4 Å². The van der Waals surface area contributed by atoms with E-state index in [4.69, 9.17) is 4.74 Å². The van der Waals surface area contributed by atoms with Crippen molar-refractivity contribution < 1.29 is 9.53 Å². The largest absolute Gasteiger partial charge is 0.497 e. The van der Waals surface area contributed by atoms with Crippen molar-refractivity contribution >= 4 is 22.9 Å². The zero-order valence-electron chi connectivity index (χ0n) is 11.8. The molecule has 110 valence electrons. The number of rotatable bonds is 3. The number of fused-ring (bicyclic) bond motifs is 1. The molecule has 21 heavy (non-hydrogen) atoms. The molecule has 6 heteroatoms. The van der Waals surface area contributed by atoms with Crippen molar-refractivity contribution in [1.29, 1.82) is 0 Å². The van der Waals surface area contributed by atoms with Gasteiger partial charge in [-0.1, -0.05) is 0 Å². The molecule has 5 nitrogen and oxygen atoms in total. The zero-order chi connectivity index (χ0) is 14.7. The number of methoxy groups -OCH3 is 1. The summed E-state index contributed by atoms with van der Waals surface area (Å²) in [6.45, 7) is 1.88. The van der Waals surface area contributed by atoms with E-state index in [1.165, 1.54) is 16.2 Å². The van der Waals surface area contributed by atoms with E-state index in [1.807, 2.05) is 24.3 Å². The average molecular weight is 303 g/mol. The molecule has 1 aromatic carbocycles. The summed E-state index contributed by atoms with van der Waals surface area (Å²) in [5.74, 6) is 0.618. The SMILES string of the molecule is COc1ccc(NC(=O)c2nc3c(s2)CCNCC3)cc1. The van der Waals surface area contributed by atoms with Gasteiger partial charge in [0.2, 0.25) is 0 Å². The number of thiazole rings is 1. The van der Waals surface area contributed by atoms with E-state index in [2.05, 4.69) is 15.6 Å². The van der Waals surface area contributed by atoms with Crippen LogP contribution in [0.5, 0.6) is 5.75 Å². The Bertz CT molecular complexity index is 613. The van der Waals surface area contributed by atoms with E-state index >= 15 is 0 Å². The first-order valence-electron chi connectivity index (χ1n) is 6.91. The Morgan fingerprint density at radius 3 is 2.81 bits per heavy atom. The molecule has 1 aliphatic rings. The van der Waals surface area contributed by atoms with E-state index < -0.39 is 0 Å². The lowest BCUT2D eigenvalue weighted by Gasteiger charge is -2.04. The van der Waals surface area contributed by atoms with Gasteiger partial charge in [0.25, 0.3) is 5.91 Å². The maximum Gasteiger partial charge on any atom is 0.284 e. The van der Waals surface area contributed by atoms with Crippen molar-refractivity contribution in [2.24, 2.45) is 0 Å². The predicted molar refractivity (Wildman–Crippen MR) is 83.3 cm³/mol. The molecule has 1 amide bonds. The number of benzene rings is 1. The van der Waals surface area contributed by atoms with Gasteiger partial charge in [-0.15, -0.1) is 11.3 Å². The van der Waals surface area contributed by atoms with Crippen molar-refractivity contribution in [3.8, 4) is 5.75 Å². The van der Waals surface area contributed by atoms with Crippen molar-refractivity contribution in [1.82, 2.24) is 10.3 Å². The molecule has 1 aliphatic heterocycles. The molecular formula is C15H17N3O2S. The Kier molecular flexibility index (Phi) is 4.17. The number of carbonyl (C=O) groups excluding carboxylic acids is 1. The summed E-state index contributed by atoms with van der Waals surface area (Å²) in [4.78, 5) is 18.0. The van der Waals surface area contributed by atoms with Crippen LogP contribution < -0.4 is 15.4 Å². The third-order valence-corrected chi connectivity index (χ3v) is 4.54. The third kappa shape index (κ3) is 3.22. The number of amides is 1. The zero-order valence-corrected chi connectivity index (χ0v) is 12.6. The fourth-order valence-corrected chi connectivity index (χ4v) is 3.27. The van der Waals surface area contributed by atoms with Crippen molar-refractivity contribution in [3.63, 3.8) is 0 Å². The van der Waals surface area contributed by atoms with Gasteiger partial charge in [-0.3, -0.25) is 4.79 Å². The summed E-state index contributed by atoms with van der Waals surface area (Å²) >= 11 is 1.50. The van der Waals surface area contributed by atoms with Crippen LogP contribution in [0.3, 0.4) is 0 Å². The van der Waals surface area contributed by atoms with E-state index in [0.29, 0.717) is 5.01 Å². The minimum Gasteiger partial charge on any atom is -0.497 e. The molecule has 2 heterocycles. The summed E-state index contributed by atoms with van der Waals surface area (Å²) in [5.41, 5.74) is 1.80. The smallest absolute Gasteiger partial charge is 0.284 e. The van der Waals surface area contributed by atoms with Gasteiger partial charge in [-0.25, -0.2) is 4.98 Å². The molecule has 2 aromatic rings. The molecule has 0 fully saturated rings. The monoisotopic (exact) mass is 303 g/mol. The Morgan fingerprint density at radius 2 is 2.05 bits per heavy atom. The first kappa shape index (κ1) is 14.0. The molecule has 3 rings (SSSR count). The normalized spacial score (nSPS) is 14.1. The van der Waals surface area contributed by atoms with Crippen molar-refractivity contribution in [3.05, 3.63) is 39.8 Å². The van der Waals surface area contributed by atoms with E-state index in [9.17, 15) is 4.79 Å². The predicted octanol–water partition coefficient (Wildman–Crippen LogP) is 2.09. The van der Waals surface area contributed by atoms with E-state index in [0.717, 1.165) is 43.1 Å². The maximum absolute atomic E-state index is 12.3. The van der Waals surface area contributed by atoms with Crippen LogP contribution in [0.2, 0.25) is 0 Å². The fraction of sp³-hybridized carbons (Fsp3) is 0.333. The lowest BCUT2D eigenvalue weighted by molar-refractivity contribution is 0.102. The Labute approximate surface area is 127 Å². The Balaban J connectivity index is 1.72. The molecule has 2 N–H and O–H groups in total. The van der Waals surface area contributed by atoms with Crippen LogP contribution in [0, 0.1) is 0 Å². The molecule has 0 radical (unpaired) electrons. The summed E-state index contributed by atoms with van der Waals surface area (Å²) < 4.78 is 5.10. The van der Waals surface area contributed by atoms with Crippen molar-refractivity contribution in [2.75, 3.05) is 25.5 Å². The standard InChI is InChI=1S/C15H17N3O2S/c1-20-11-4-2-10(3-5-11)17-14(19)15-18-12-6-8-16-9-7-13(12)21-15/h2-5,16H,6-9H2,1H3,(H,17,19). The number of carbonyl (C=O) groups is 1. The van der Waals surface area contributed by atoms with Crippen LogP contribution in [0.15, 0.2) is 24.3 Å². The molecule has 0 atom stereocenters. The first-order valence-corrected chi connectivity index (χ1v) is 7.72. The minimum absolute atomic E-state index is 0.147. The topological polar surface area (TPSA) is 63.2 Å². The highest BCUT2D eigenvalue weighted by Gasteiger charge is 2.18. The number of aromatic nitrogens is 1. The summed E-state index contributed by atoms with van der Waals surface area (Å²) in [5, 5.41) is 6.75. The van der Waals surface area contributed by atoms with Gasteiger partial charge in [0, 0.05) is 30.1 Å². The summed E-state index contributed by atoms with van der Waals surface area (Å²) in [6, 6.07) is 7.27. The summed E-state index contributed by atoms with van der Waals surface area (Å²) in [6.07, 6.45) is 1.84. The average Bonchev–Trinajstić information content (AvgIpc) is 2.79. The van der Waals surface area contributed by atoms with E-state index in [-0.39, 0.29) is 5.91 Å². The lowest BCUT2D eigenvalue weighted by atomic mass is 10.2. The molecule has 0 saturated carbocycles. The Hall–Kier alpha value is -1.92. The number of ether oxygens (including phenoxy) is 1. The number of nitrogens with zero attached hydrogens (tertiary/aromatic N) is 1. The molecule has 0 saturated heterocycles. The summed E-state index contributed by atoms with van der Waals surface area (Å²) in [7, 11) is 1.62. The molecule has 0 unspecified atom stereocenters. The molecule has 1 aromatic heterocycles. The quantitative estimate of drug-likeness (QED) is 0.911. The lowest BCUT2D eigenvalue weighted by Crippen LogP contribution is -2.17. The highest BCUT2D eigenvalue weighted by atomic mass is 32.1. The van der Waals surface area contributed by atoms with E-state index in [1.54, 1.807) is 7.11 Å². The second-order valence-electron chi connectivity index (χ2n) is 4.82. The minimum atomic E-state index is -0.147. The second kappa shape index (κ2) is 6.24. The number of hydrogen-bond acceptors (Lipinski definition) is 5. The van der Waals surface area contributed by atoms with Gasteiger partial charge in [0.1, 0.15) is 5.75 Å². The van der Waals surface area contributed by atoms with Crippen LogP contribution in [0.4, 0.5) is 5.69 Å². The van der Waals surface area contributed by atoms with Crippen LogP contribution in [-0.2, 0) is 12.8 Å². The molecule has 0 aliphatic carbocycles.